The van der Waals surface area contributed by atoms with Gasteiger partial charge in [-0.1, -0.05) is 133 Å². The van der Waals surface area contributed by atoms with Gasteiger partial charge < -0.3 is 18.7 Å². The molecule has 0 amide bonds. The molecule has 12 rings (SSSR count). The Morgan fingerprint density at radius 2 is 1.14 bits per heavy atom. The van der Waals surface area contributed by atoms with E-state index < -0.39 is 0 Å². The Morgan fingerprint density at radius 1 is 0.456 bits per heavy atom. The van der Waals surface area contributed by atoms with Crippen LogP contribution >= 0.6 is 0 Å². The number of fused-ring (bicyclic) bond motifs is 9. The van der Waals surface area contributed by atoms with Crippen molar-refractivity contribution in [2.24, 2.45) is 9.98 Å². The molecule has 6 heteroatoms. The van der Waals surface area contributed by atoms with E-state index in [1.165, 1.54) is 21.9 Å². The fraction of sp³-hybridized carbons (Fsp3) is 0.0196. The summed E-state index contributed by atoms with van der Waals surface area (Å²) in [6.07, 6.45) is -0.305. The second-order valence-corrected chi connectivity index (χ2v) is 14.6. The van der Waals surface area contributed by atoms with Crippen molar-refractivity contribution >= 4 is 77.4 Å². The Bertz CT molecular complexity index is 3430. The van der Waals surface area contributed by atoms with Crippen LogP contribution in [0.1, 0.15) is 22.9 Å². The van der Waals surface area contributed by atoms with E-state index in [-0.39, 0.29) is 6.17 Å². The Hall–Kier alpha value is -7.70. The van der Waals surface area contributed by atoms with Crippen LogP contribution < -0.4 is 5.32 Å². The van der Waals surface area contributed by atoms with E-state index in [0.717, 1.165) is 83.1 Å². The zero-order valence-corrected chi connectivity index (χ0v) is 30.6. The molecule has 0 radical (unpaired) electrons. The third-order valence-electron chi connectivity index (χ3n) is 11.3. The lowest BCUT2D eigenvalue weighted by Crippen LogP contribution is -2.33. The maximum atomic E-state index is 6.66. The Balaban J connectivity index is 1.01. The van der Waals surface area contributed by atoms with E-state index >= 15 is 0 Å². The minimum absolute atomic E-state index is 0.305. The minimum Gasteiger partial charge on any atom is -0.456 e. The van der Waals surface area contributed by atoms with Crippen LogP contribution in [0.2, 0.25) is 0 Å². The van der Waals surface area contributed by atoms with E-state index in [1.807, 2.05) is 54.6 Å². The highest BCUT2D eigenvalue weighted by atomic mass is 16.3. The fourth-order valence-corrected chi connectivity index (χ4v) is 8.59. The molecular weight excluding hydrogens is 701 g/mol. The van der Waals surface area contributed by atoms with Crippen molar-refractivity contribution in [2.75, 3.05) is 0 Å². The number of amidine groups is 2. The molecule has 0 saturated carbocycles. The van der Waals surface area contributed by atoms with Crippen molar-refractivity contribution in [3.05, 3.63) is 199 Å². The summed E-state index contributed by atoms with van der Waals surface area (Å²) in [4.78, 5) is 10.2. The van der Waals surface area contributed by atoms with E-state index in [2.05, 4.69) is 137 Å². The van der Waals surface area contributed by atoms with Gasteiger partial charge in [-0.3, -0.25) is 0 Å². The van der Waals surface area contributed by atoms with Crippen LogP contribution in [0.15, 0.2) is 201 Å². The summed E-state index contributed by atoms with van der Waals surface area (Å²) in [7, 11) is 0. The molecule has 1 aliphatic heterocycles. The standard InChI is InChI=1S/C51H32N4O2/c1-4-13-31(14-5-1)34-23-25-37-36-19-10-11-21-42(36)55(43(37)27-34)35-24-26-38-40-29-41-47(30-46(40)57-45(38)28-35)56-44-22-12-20-39(48(41)44)51-53-49(32-15-6-2-7-16-32)52-50(54-51)33-17-8-3-9-18-33/h1-30,49H,(H,52,53,54). The number of aliphatic imine (C=N–C) groups is 2. The smallest absolute Gasteiger partial charge is 0.159 e. The number of rotatable bonds is 5. The predicted molar refractivity (Wildman–Crippen MR) is 233 cm³/mol. The first kappa shape index (κ1) is 31.6. The SMILES string of the molecule is c1ccc(C2=NC(c3ccccc3)NC(c3cccc4oc5cc6oc7cc(-n8c9ccccc9c9ccc(-c%10ccccc%10)cc98)ccc7c6cc5c34)=N2)cc1. The largest absolute Gasteiger partial charge is 0.456 e. The first-order valence-corrected chi connectivity index (χ1v) is 19.2. The molecule has 1 unspecified atom stereocenters. The molecule has 0 aliphatic carbocycles. The van der Waals surface area contributed by atoms with Gasteiger partial charge in [0.05, 0.1) is 11.0 Å². The van der Waals surface area contributed by atoms with Gasteiger partial charge in [0.2, 0.25) is 0 Å². The zero-order valence-electron chi connectivity index (χ0n) is 30.6. The van der Waals surface area contributed by atoms with Crippen molar-refractivity contribution in [2.45, 2.75) is 6.17 Å². The molecule has 4 heterocycles. The van der Waals surface area contributed by atoms with Gasteiger partial charge in [-0.15, -0.1) is 0 Å². The van der Waals surface area contributed by atoms with Gasteiger partial charge in [-0.25, -0.2) is 9.98 Å². The maximum Gasteiger partial charge on any atom is 0.159 e. The molecule has 1 aliphatic rings. The normalized spacial score (nSPS) is 14.5. The number of nitrogens with zero attached hydrogens (tertiary/aromatic N) is 3. The summed E-state index contributed by atoms with van der Waals surface area (Å²) in [6.45, 7) is 0. The molecule has 268 valence electrons. The maximum absolute atomic E-state index is 6.66. The van der Waals surface area contributed by atoms with Gasteiger partial charge in [0.1, 0.15) is 34.3 Å². The monoisotopic (exact) mass is 732 g/mol. The molecule has 6 nitrogen and oxygen atoms in total. The molecule has 0 fully saturated rings. The summed E-state index contributed by atoms with van der Waals surface area (Å²) in [5.74, 6) is 1.43. The average molecular weight is 733 g/mol. The highest BCUT2D eigenvalue weighted by Gasteiger charge is 2.24. The van der Waals surface area contributed by atoms with E-state index in [0.29, 0.717) is 5.84 Å². The number of benzene rings is 8. The third-order valence-corrected chi connectivity index (χ3v) is 11.3. The zero-order chi connectivity index (χ0) is 37.5. The topological polar surface area (TPSA) is 68.0 Å². The number of para-hydroxylation sites is 1. The summed E-state index contributed by atoms with van der Waals surface area (Å²) in [6, 6.07) is 63.3. The molecule has 1 atom stereocenters. The quantitative estimate of drug-likeness (QED) is 0.192. The van der Waals surface area contributed by atoms with Gasteiger partial charge in [-0.05, 0) is 53.1 Å². The number of hydrogen-bond donors (Lipinski definition) is 1. The van der Waals surface area contributed by atoms with Gasteiger partial charge in [0.15, 0.2) is 5.84 Å². The summed E-state index contributed by atoms with van der Waals surface area (Å²) in [5.41, 5.74) is 11.8. The summed E-state index contributed by atoms with van der Waals surface area (Å²) in [5, 5.41) is 10.2. The highest BCUT2D eigenvalue weighted by molar-refractivity contribution is 6.24. The molecule has 11 aromatic rings. The second kappa shape index (κ2) is 12.4. The Labute approximate surface area is 326 Å². The number of nitrogens with one attached hydrogen (secondary N) is 1. The molecule has 3 aromatic heterocycles. The van der Waals surface area contributed by atoms with E-state index in [1.54, 1.807) is 0 Å². The first-order chi connectivity index (χ1) is 28.2. The van der Waals surface area contributed by atoms with Crippen LogP contribution in [0.3, 0.4) is 0 Å². The molecule has 0 bridgehead atoms. The molecule has 1 N–H and O–H groups in total. The van der Waals surface area contributed by atoms with Crippen molar-refractivity contribution < 1.29 is 8.83 Å². The van der Waals surface area contributed by atoms with Crippen molar-refractivity contribution in [3.63, 3.8) is 0 Å². The summed E-state index contributed by atoms with van der Waals surface area (Å²) < 4.78 is 15.6. The second-order valence-electron chi connectivity index (χ2n) is 14.6. The lowest BCUT2D eigenvalue weighted by atomic mass is 10.0. The average Bonchev–Trinajstić information content (AvgIpc) is 3.94. The first-order valence-electron chi connectivity index (χ1n) is 19.2. The van der Waals surface area contributed by atoms with Crippen LogP contribution in [-0.4, -0.2) is 16.2 Å². The van der Waals surface area contributed by atoms with Gasteiger partial charge >= 0.3 is 0 Å². The molecule has 8 aromatic carbocycles. The van der Waals surface area contributed by atoms with Crippen LogP contribution in [0, 0.1) is 0 Å². The number of furan rings is 2. The minimum atomic E-state index is -0.305. The van der Waals surface area contributed by atoms with Gasteiger partial charge in [0.25, 0.3) is 0 Å². The van der Waals surface area contributed by atoms with Crippen molar-refractivity contribution in [1.82, 2.24) is 9.88 Å². The van der Waals surface area contributed by atoms with Crippen LogP contribution in [0.25, 0.3) is 82.5 Å². The molecule has 0 saturated heterocycles. The molecular formula is C51H32N4O2. The van der Waals surface area contributed by atoms with Crippen molar-refractivity contribution in [3.8, 4) is 16.8 Å². The number of aromatic nitrogens is 1. The van der Waals surface area contributed by atoms with E-state index in [4.69, 9.17) is 18.8 Å². The Kier molecular flexibility index (Phi) is 6.89. The lowest BCUT2D eigenvalue weighted by molar-refractivity contribution is 0.656. The highest BCUT2D eigenvalue weighted by Crippen LogP contribution is 2.40. The van der Waals surface area contributed by atoms with Crippen LogP contribution in [0.4, 0.5) is 0 Å². The van der Waals surface area contributed by atoms with Gasteiger partial charge in [-0.2, -0.15) is 0 Å². The van der Waals surface area contributed by atoms with E-state index in [9.17, 15) is 0 Å². The third kappa shape index (κ3) is 5.04. The molecule has 0 spiro atoms. The summed E-state index contributed by atoms with van der Waals surface area (Å²) >= 11 is 0. The Morgan fingerprint density at radius 3 is 1.98 bits per heavy atom. The molecule has 57 heavy (non-hydrogen) atoms. The van der Waals surface area contributed by atoms with Gasteiger partial charge in [0, 0.05) is 61.3 Å². The fourth-order valence-electron chi connectivity index (χ4n) is 8.59. The van der Waals surface area contributed by atoms with Crippen molar-refractivity contribution in [1.29, 1.82) is 0 Å². The predicted octanol–water partition coefficient (Wildman–Crippen LogP) is 12.7. The lowest BCUT2D eigenvalue weighted by Gasteiger charge is -2.24. The number of hydrogen-bond acceptors (Lipinski definition) is 5. The van der Waals surface area contributed by atoms with Crippen LogP contribution in [0.5, 0.6) is 0 Å². The van der Waals surface area contributed by atoms with Crippen LogP contribution in [-0.2, 0) is 0 Å².